The van der Waals surface area contributed by atoms with Crippen molar-refractivity contribution in [3.63, 3.8) is 0 Å². The Morgan fingerprint density at radius 1 is 1.06 bits per heavy atom. The predicted octanol–water partition coefficient (Wildman–Crippen LogP) is 3.14. The van der Waals surface area contributed by atoms with Gasteiger partial charge in [-0.25, -0.2) is 0 Å². The number of unbranched alkanes of at least 4 members (excludes halogenated alkanes) is 1. The van der Waals surface area contributed by atoms with Crippen LogP contribution in [0.25, 0.3) is 5.69 Å². The molecule has 0 spiro atoms. The largest absolute Gasteiger partial charge is 0.338 e. The minimum Gasteiger partial charge on any atom is -0.338 e. The molecule has 2 amide bonds. The van der Waals surface area contributed by atoms with Gasteiger partial charge in [-0.3, -0.25) is 9.59 Å². The lowest BCUT2D eigenvalue weighted by Gasteiger charge is -2.34. The molecule has 0 atom stereocenters. The molecule has 2 aromatic heterocycles. The van der Waals surface area contributed by atoms with Gasteiger partial charge in [-0.1, -0.05) is 43.3 Å². The van der Waals surface area contributed by atoms with Crippen molar-refractivity contribution in [2.75, 3.05) is 31.9 Å². The van der Waals surface area contributed by atoms with Crippen LogP contribution in [0, 0.1) is 0 Å². The molecule has 0 radical (unpaired) electrons. The van der Waals surface area contributed by atoms with Gasteiger partial charge in [0.1, 0.15) is 0 Å². The molecule has 4 rings (SSSR count). The molecule has 0 saturated carbocycles. The maximum atomic E-state index is 12.7. The first kappa shape index (κ1) is 22.5. The maximum Gasteiger partial charge on any atom is 0.264 e. The van der Waals surface area contributed by atoms with Crippen molar-refractivity contribution in [1.82, 2.24) is 30.0 Å². The molecule has 1 fully saturated rings. The zero-order valence-corrected chi connectivity index (χ0v) is 19.6. The van der Waals surface area contributed by atoms with Crippen molar-refractivity contribution in [1.29, 1.82) is 0 Å². The van der Waals surface area contributed by atoms with E-state index in [1.807, 2.05) is 39.4 Å². The van der Waals surface area contributed by atoms with E-state index in [2.05, 4.69) is 34.6 Å². The Hall–Kier alpha value is -2.72. The lowest BCUT2D eigenvalue weighted by molar-refractivity contribution is -0.129. The first-order valence-corrected chi connectivity index (χ1v) is 12.6. The second-order valence-electron chi connectivity index (χ2n) is 7.58. The Morgan fingerprint density at radius 3 is 2.50 bits per heavy atom. The van der Waals surface area contributed by atoms with Crippen LogP contribution in [0.5, 0.6) is 0 Å². The smallest absolute Gasteiger partial charge is 0.264 e. The number of benzene rings is 1. The van der Waals surface area contributed by atoms with Crippen molar-refractivity contribution >= 4 is 34.9 Å². The number of hydrogen-bond donors (Lipinski definition) is 0. The number of amides is 2. The first-order chi connectivity index (χ1) is 15.7. The molecule has 0 bridgehead atoms. The van der Waals surface area contributed by atoms with Gasteiger partial charge in [0.25, 0.3) is 5.91 Å². The number of aryl methyl sites for hydroxylation is 1. The highest BCUT2D eigenvalue weighted by molar-refractivity contribution is 7.99. The van der Waals surface area contributed by atoms with Crippen LogP contribution in [0.2, 0.25) is 0 Å². The van der Waals surface area contributed by atoms with Gasteiger partial charge in [0.05, 0.1) is 16.3 Å². The van der Waals surface area contributed by atoms with Crippen molar-refractivity contribution in [2.45, 2.75) is 31.3 Å². The second-order valence-corrected chi connectivity index (χ2v) is 9.47. The summed E-state index contributed by atoms with van der Waals surface area (Å²) in [7, 11) is 0. The summed E-state index contributed by atoms with van der Waals surface area (Å²) < 4.78 is 1.67. The van der Waals surface area contributed by atoms with Crippen LogP contribution in [0.1, 0.15) is 35.0 Å². The number of thiophene rings is 1. The van der Waals surface area contributed by atoms with E-state index in [0.717, 1.165) is 17.0 Å². The van der Waals surface area contributed by atoms with Crippen molar-refractivity contribution in [3.8, 4) is 5.69 Å². The van der Waals surface area contributed by atoms with Crippen molar-refractivity contribution < 1.29 is 9.59 Å². The van der Waals surface area contributed by atoms with E-state index >= 15 is 0 Å². The average molecular weight is 471 g/mol. The van der Waals surface area contributed by atoms with Crippen LogP contribution < -0.4 is 0 Å². The molecule has 168 valence electrons. The van der Waals surface area contributed by atoms with Crippen LogP contribution in [0.3, 0.4) is 0 Å². The monoisotopic (exact) mass is 470 g/mol. The van der Waals surface area contributed by atoms with Crippen LogP contribution in [0.4, 0.5) is 0 Å². The topological polar surface area (TPSA) is 84.2 Å². The number of carbonyl (C=O) groups is 2. The molecule has 1 aromatic carbocycles. The van der Waals surface area contributed by atoms with E-state index in [-0.39, 0.29) is 17.6 Å². The summed E-state index contributed by atoms with van der Waals surface area (Å²) in [5.41, 5.74) is 2.18. The van der Waals surface area contributed by atoms with Crippen LogP contribution in [0.15, 0.2) is 46.9 Å². The summed E-state index contributed by atoms with van der Waals surface area (Å²) in [6.45, 7) is 4.37. The van der Waals surface area contributed by atoms with Gasteiger partial charge in [0.15, 0.2) is 0 Å². The highest BCUT2D eigenvalue weighted by Crippen LogP contribution is 2.20. The number of nitrogens with zero attached hydrogens (tertiary/aromatic N) is 6. The molecular weight excluding hydrogens is 444 g/mol. The van der Waals surface area contributed by atoms with Crippen LogP contribution in [-0.2, 0) is 11.2 Å². The molecule has 3 heterocycles. The third kappa shape index (κ3) is 5.36. The maximum absolute atomic E-state index is 12.7. The van der Waals surface area contributed by atoms with E-state index in [9.17, 15) is 9.59 Å². The number of aromatic nitrogens is 4. The highest BCUT2D eigenvalue weighted by Gasteiger charge is 2.25. The van der Waals surface area contributed by atoms with Gasteiger partial charge in [0, 0.05) is 26.2 Å². The Kier molecular flexibility index (Phi) is 7.54. The SMILES string of the molecule is CCCCc1ccc(-n2nnnc2SCC(=O)N2CCN(C(=O)c3cccs3)CC2)cc1. The van der Waals surface area contributed by atoms with Crippen LogP contribution >= 0.6 is 23.1 Å². The number of hydrogen-bond acceptors (Lipinski definition) is 7. The molecule has 1 saturated heterocycles. The van der Waals surface area contributed by atoms with E-state index in [1.165, 1.54) is 41.5 Å². The zero-order chi connectivity index (χ0) is 22.3. The normalized spacial score (nSPS) is 14.0. The molecular formula is C22H26N6O2S2. The predicted molar refractivity (Wildman–Crippen MR) is 125 cm³/mol. The average Bonchev–Trinajstić information content (AvgIpc) is 3.54. The number of thioether (sulfide) groups is 1. The summed E-state index contributed by atoms with van der Waals surface area (Å²) in [4.78, 5) is 29.5. The minimum atomic E-state index is 0.0303. The quantitative estimate of drug-likeness (QED) is 0.470. The summed E-state index contributed by atoms with van der Waals surface area (Å²) in [5.74, 6) is 0.331. The van der Waals surface area contributed by atoms with E-state index in [0.29, 0.717) is 31.3 Å². The van der Waals surface area contributed by atoms with E-state index < -0.39 is 0 Å². The molecule has 0 unspecified atom stereocenters. The van der Waals surface area contributed by atoms with Crippen molar-refractivity contribution in [2.24, 2.45) is 0 Å². The molecule has 0 aliphatic carbocycles. The summed E-state index contributed by atoms with van der Waals surface area (Å²) in [6.07, 6.45) is 3.40. The first-order valence-electron chi connectivity index (χ1n) is 10.8. The van der Waals surface area contributed by atoms with Gasteiger partial charge in [0.2, 0.25) is 11.1 Å². The van der Waals surface area contributed by atoms with E-state index in [1.54, 1.807) is 4.68 Å². The lowest BCUT2D eigenvalue weighted by Crippen LogP contribution is -2.51. The third-order valence-electron chi connectivity index (χ3n) is 5.42. The Bertz CT molecular complexity index is 1030. The summed E-state index contributed by atoms with van der Waals surface area (Å²) >= 11 is 2.78. The Morgan fingerprint density at radius 2 is 1.81 bits per heavy atom. The Balaban J connectivity index is 1.29. The van der Waals surface area contributed by atoms with Gasteiger partial charge in [-0.2, -0.15) is 4.68 Å². The van der Waals surface area contributed by atoms with E-state index in [4.69, 9.17) is 0 Å². The Labute approximate surface area is 195 Å². The van der Waals surface area contributed by atoms with Crippen LogP contribution in [-0.4, -0.2) is 73.8 Å². The number of carbonyl (C=O) groups excluding carboxylic acids is 2. The van der Waals surface area contributed by atoms with Gasteiger partial charge >= 0.3 is 0 Å². The second kappa shape index (κ2) is 10.7. The number of tetrazole rings is 1. The zero-order valence-electron chi connectivity index (χ0n) is 18.0. The standard InChI is InChI=1S/C22H26N6O2S2/c1-2-3-5-17-7-9-18(10-8-17)28-22(23-24-25-28)32-16-20(29)26-11-13-27(14-12-26)21(30)19-6-4-15-31-19/h4,6-10,15H,2-3,5,11-14,16H2,1H3. The molecule has 0 N–H and O–H groups in total. The minimum absolute atomic E-state index is 0.0303. The summed E-state index contributed by atoms with van der Waals surface area (Å²) in [5, 5.41) is 14.5. The molecule has 3 aromatic rings. The molecule has 1 aliphatic rings. The third-order valence-corrected chi connectivity index (χ3v) is 7.18. The molecule has 8 nitrogen and oxygen atoms in total. The van der Waals surface area contributed by atoms with Crippen molar-refractivity contribution in [3.05, 3.63) is 52.2 Å². The number of rotatable bonds is 8. The fraction of sp³-hybridized carbons (Fsp3) is 0.409. The van der Waals surface area contributed by atoms with Gasteiger partial charge < -0.3 is 9.80 Å². The molecule has 10 heteroatoms. The highest BCUT2D eigenvalue weighted by atomic mass is 32.2. The summed E-state index contributed by atoms with van der Waals surface area (Å²) in [6, 6.07) is 11.9. The molecule has 32 heavy (non-hydrogen) atoms. The lowest BCUT2D eigenvalue weighted by atomic mass is 10.1. The van der Waals surface area contributed by atoms with Gasteiger partial charge in [-0.05, 0) is 52.4 Å². The fourth-order valence-corrected chi connectivity index (χ4v) is 5.03. The number of piperazine rings is 1. The molecule has 1 aliphatic heterocycles. The fourth-order valence-electron chi connectivity index (χ4n) is 3.55. The van der Waals surface area contributed by atoms with Gasteiger partial charge in [-0.15, -0.1) is 16.4 Å².